The Morgan fingerprint density at radius 2 is 2.23 bits per heavy atom. The fourth-order valence-corrected chi connectivity index (χ4v) is 4.94. The van der Waals surface area contributed by atoms with E-state index < -0.39 is 11.7 Å². The zero-order valence-corrected chi connectivity index (χ0v) is 17.9. The second-order valence-electron chi connectivity index (χ2n) is 7.45. The fraction of sp³-hybridized carbons (Fsp3) is 0.455. The van der Waals surface area contributed by atoms with Crippen LogP contribution in [0.2, 0.25) is 0 Å². The Balaban J connectivity index is 1.41. The van der Waals surface area contributed by atoms with Gasteiger partial charge in [-0.1, -0.05) is 18.2 Å². The molecule has 1 saturated heterocycles. The number of carbonyl (C=O) groups is 1. The first kappa shape index (κ1) is 21.1. The summed E-state index contributed by atoms with van der Waals surface area (Å²) in [5, 5.41) is 14.1. The minimum atomic E-state index is -1.000. The van der Waals surface area contributed by atoms with Crippen molar-refractivity contribution in [2.24, 2.45) is 0 Å². The molecule has 1 aromatic heterocycles. The molecule has 0 radical (unpaired) electrons. The van der Waals surface area contributed by atoms with Crippen LogP contribution in [0.25, 0.3) is 10.2 Å². The molecule has 2 heterocycles. The van der Waals surface area contributed by atoms with Gasteiger partial charge in [0, 0.05) is 32.3 Å². The van der Waals surface area contributed by atoms with Crippen LogP contribution in [0.3, 0.4) is 0 Å². The smallest absolute Gasteiger partial charge is 0.251 e. The first-order valence-electron chi connectivity index (χ1n) is 10.2. The van der Waals surface area contributed by atoms with Crippen LogP contribution in [-0.2, 0) is 15.1 Å². The van der Waals surface area contributed by atoms with Crippen LogP contribution in [0.5, 0.6) is 0 Å². The van der Waals surface area contributed by atoms with Crippen molar-refractivity contribution in [3.05, 3.63) is 53.1 Å². The van der Waals surface area contributed by atoms with Gasteiger partial charge in [-0.2, -0.15) is 0 Å². The number of allylic oxidation sites excluding steroid dienone is 2. The maximum Gasteiger partial charge on any atom is 0.251 e. The average Bonchev–Trinajstić information content (AvgIpc) is 3.21. The SMILES string of the molecule is COC1(c2nc3ccc(C(=O)NCCCN4CCOCC4)cc3s2)C=CC=CC1O. The van der Waals surface area contributed by atoms with Gasteiger partial charge in [0.05, 0.1) is 23.4 Å². The molecule has 7 nitrogen and oxygen atoms in total. The number of morpholine rings is 1. The molecule has 2 aromatic rings. The quantitative estimate of drug-likeness (QED) is 0.656. The summed E-state index contributed by atoms with van der Waals surface area (Å²) in [6.45, 7) is 5.10. The number of nitrogens with one attached hydrogen (secondary N) is 1. The summed E-state index contributed by atoms with van der Waals surface area (Å²) in [5.41, 5.74) is 0.390. The van der Waals surface area contributed by atoms with E-state index in [9.17, 15) is 9.90 Å². The van der Waals surface area contributed by atoms with Gasteiger partial charge in [-0.3, -0.25) is 9.69 Å². The Bertz CT molecular complexity index is 951. The largest absolute Gasteiger partial charge is 0.385 e. The molecule has 8 heteroatoms. The number of aliphatic hydroxyl groups is 1. The van der Waals surface area contributed by atoms with Gasteiger partial charge in [-0.15, -0.1) is 11.3 Å². The minimum Gasteiger partial charge on any atom is -0.385 e. The van der Waals surface area contributed by atoms with Gasteiger partial charge in [-0.05, 0) is 37.2 Å². The summed E-state index contributed by atoms with van der Waals surface area (Å²) in [4.78, 5) is 19.6. The van der Waals surface area contributed by atoms with Crippen LogP contribution in [0.1, 0.15) is 21.8 Å². The maximum absolute atomic E-state index is 12.6. The topological polar surface area (TPSA) is 83.9 Å². The molecule has 1 amide bonds. The number of rotatable bonds is 7. The second-order valence-corrected chi connectivity index (χ2v) is 8.48. The molecular formula is C22H27N3O4S. The van der Waals surface area contributed by atoms with Gasteiger partial charge in [-0.25, -0.2) is 4.98 Å². The van der Waals surface area contributed by atoms with E-state index in [1.54, 1.807) is 25.3 Å². The van der Waals surface area contributed by atoms with Crippen LogP contribution >= 0.6 is 11.3 Å². The van der Waals surface area contributed by atoms with Crippen LogP contribution in [0.4, 0.5) is 0 Å². The predicted octanol–water partition coefficient (Wildman–Crippen LogP) is 2.08. The summed E-state index contributed by atoms with van der Waals surface area (Å²) < 4.78 is 11.9. The molecule has 1 aliphatic heterocycles. The van der Waals surface area contributed by atoms with Gasteiger partial charge in [0.15, 0.2) is 5.60 Å². The molecule has 0 spiro atoms. The zero-order chi connectivity index (χ0) is 21.0. The number of aromatic nitrogens is 1. The summed E-state index contributed by atoms with van der Waals surface area (Å²) in [7, 11) is 1.56. The van der Waals surface area contributed by atoms with Crippen molar-refractivity contribution in [2.45, 2.75) is 18.1 Å². The molecule has 4 rings (SSSR count). The highest BCUT2D eigenvalue weighted by Gasteiger charge is 2.40. The number of amides is 1. The Morgan fingerprint density at radius 3 is 3.00 bits per heavy atom. The molecule has 2 N–H and O–H groups in total. The third kappa shape index (κ3) is 4.33. The van der Waals surface area contributed by atoms with Crippen molar-refractivity contribution in [1.29, 1.82) is 0 Å². The number of methoxy groups -OCH3 is 1. The van der Waals surface area contributed by atoms with Crippen molar-refractivity contribution in [3.8, 4) is 0 Å². The summed E-state index contributed by atoms with van der Waals surface area (Å²) >= 11 is 1.43. The second kappa shape index (κ2) is 9.36. The Labute approximate surface area is 180 Å². The van der Waals surface area contributed by atoms with E-state index in [2.05, 4.69) is 15.2 Å². The number of fused-ring (bicyclic) bond motifs is 1. The molecule has 2 aliphatic rings. The first-order valence-corrected chi connectivity index (χ1v) is 11.0. The minimum absolute atomic E-state index is 0.0872. The Hall–Kier alpha value is -2.10. The summed E-state index contributed by atoms with van der Waals surface area (Å²) in [5.74, 6) is -0.0872. The van der Waals surface area contributed by atoms with E-state index in [1.165, 1.54) is 11.3 Å². The van der Waals surface area contributed by atoms with Crippen molar-refractivity contribution in [2.75, 3.05) is 46.5 Å². The first-order chi connectivity index (χ1) is 14.6. The monoisotopic (exact) mass is 429 g/mol. The molecule has 30 heavy (non-hydrogen) atoms. The molecule has 1 fully saturated rings. The van der Waals surface area contributed by atoms with Gasteiger partial charge in [0.25, 0.3) is 5.91 Å². The number of hydrogen-bond acceptors (Lipinski definition) is 7. The fourth-order valence-electron chi connectivity index (χ4n) is 3.75. The molecule has 160 valence electrons. The van der Waals surface area contributed by atoms with Crippen molar-refractivity contribution in [3.63, 3.8) is 0 Å². The lowest BCUT2D eigenvalue weighted by Gasteiger charge is -2.32. The van der Waals surface area contributed by atoms with E-state index in [0.29, 0.717) is 17.1 Å². The van der Waals surface area contributed by atoms with Crippen LogP contribution in [0.15, 0.2) is 42.5 Å². The van der Waals surface area contributed by atoms with Gasteiger partial charge in [0.2, 0.25) is 0 Å². The predicted molar refractivity (Wildman–Crippen MR) is 117 cm³/mol. The van der Waals surface area contributed by atoms with Crippen molar-refractivity contribution >= 4 is 27.5 Å². The summed E-state index contributed by atoms with van der Waals surface area (Å²) in [6.07, 6.45) is 7.23. The van der Waals surface area contributed by atoms with E-state index in [4.69, 9.17) is 9.47 Å². The normalized spacial score (nSPS) is 24.4. The lowest BCUT2D eigenvalue weighted by molar-refractivity contribution is -0.0538. The van der Waals surface area contributed by atoms with E-state index >= 15 is 0 Å². The van der Waals surface area contributed by atoms with Gasteiger partial charge < -0.3 is 19.9 Å². The average molecular weight is 430 g/mol. The number of thiazole rings is 1. The molecular weight excluding hydrogens is 402 g/mol. The Kier molecular flexibility index (Phi) is 6.60. The molecule has 0 saturated carbocycles. The van der Waals surface area contributed by atoms with Gasteiger partial charge >= 0.3 is 0 Å². The standard InChI is InChI=1S/C22H27N3O4S/c1-28-22(8-3-2-5-19(22)26)21-24-17-7-6-16(15-18(17)30-21)20(27)23-9-4-10-25-11-13-29-14-12-25/h2-3,5-8,15,19,26H,4,9-14H2,1H3,(H,23,27). The van der Waals surface area contributed by atoms with Crippen LogP contribution in [0, 0.1) is 0 Å². The molecule has 1 aromatic carbocycles. The van der Waals surface area contributed by atoms with E-state index in [-0.39, 0.29) is 5.91 Å². The number of carbonyl (C=O) groups excluding carboxylic acids is 1. The lowest BCUT2D eigenvalue weighted by atomic mass is 9.92. The van der Waals surface area contributed by atoms with Crippen molar-refractivity contribution in [1.82, 2.24) is 15.2 Å². The molecule has 2 atom stereocenters. The van der Waals surface area contributed by atoms with Crippen LogP contribution < -0.4 is 5.32 Å². The van der Waals surface area contributed by atoms with E-state index in [0.717, 1.165) is 49.5 Å². The lowest BCUT2D eigenvalue weighted by Crippen LogP contribution is -2.39. The third-order valence-corrected chi connectivity index (χ3v) is 6.70. The molecule has 1 aliphatic carbocycles. The maximum atomic E-state index is 12.6. The van der Waals surface area contributed by atoms with E-state index in [1.807, 2.05) is 24.3 Å². The number of benzene rings is 1. The number of hydrogen-bond donors (Lipinski definition) is 2. The highest BCUT2D eigenvalue weighted by molar-refractivity contribution is 7.18. The highest BCUT2D eigenvalue weighted by Crippen LogP contribution is 2.38. The zero-order valence-electron chi connectivity index (χ0n) is 17.0. The van der Waals surface area contributed by atoms with Crippen LogP contribution in [-0.4, -0.2) is 73.5 Å². The molecule has 2 unspecified atom stereocenters. The number of ether oxygens (including phenoxy) is 2. The van der Waals surface area contributed by atoms with Crippen molar-refractivity contribution < 1.29 is 19.4 Å². The third-order valence-electron chi connectivity index (χ3n) is 5.55. The number of nitrogens with zero attached hydrogens (tertiary/aromatic N) is 2. The van der Waals surface area contributed by atoms with Gasteiger partial charge in [0.1, 0.15) is 11.1 Å². The summed E-state index contributed by atoms with van der Waals surface area (Å²) in [6, 6.07) is 5.48. The number of aliphatic hydroxyl groups excluding tert-OH is 1. The Morgan fingerprint density at radius 1 is 1.40 bits per heavy atom. The highest BCUT2D eigenvalue weighted by atomic mass is 32.1. The molecule has 0 bridgehead atoms.